The molecule has 0 heterocycles. The molecule has 0 N–H and O–H groups in total. The van der Waals surface area contributed by atoms with E-state index in [2.05, 4.69) is 20.8 Å². The van der Waals surface area contributed by atoms with Crippen LogP contribution in [0.4, 0.5) is 0 Å². The molecule has 1 aliphatic carbocycles. The zero-order valence-electron chi connectivity index (χ0n) is 25.1. The number of esters is 2. The van der Waals surface area contributed by atoms with E-state index in [1.165, 1.54) is 28.3 Å². The van der Waals surface area contributed by atoms with E-state index < -0.39 is 51.8 Å². The second kappa shape index (κ2) is 14.5. The van der Waals surface area contributed by atoms with Crippen LogP contribution in [-0.4, -0.2) is 72.8 Å². The molecule has 0 spiro atoms. The van der Waals surface area contributed by atoms with Gasteiger partial charge in [0.05, 0.1) is 20.3 Å². The summed E-state index contributed by atoms with van der Waals surface area (Å²) in [4.78, 5) is 25.7. The minimum Gasteiger partial charge on any atom is -0.467 e. The summed E-state index contributed by atoms with van der Waals surface area (Å²) in [6.45, 7) is 11.5. The number of hydrogen-bond donors (Lipinski definition) is 0. The van der Waals surface area contributed by atoms with E-state index in [1.807, 2.05) is 43.4 Å². The molecule has 11 nitrogen and oxygen atoms in total. The SMILES string of the molecule is COC(=O)[C@]1(O[Si](C)(C)C(C)(C)C)C[C@@H](COP(=O)(OC)OC)[C@@H](OC(C)=O)[C@H](OCOCc2ccccc2)C1. The van der Waals surface area contributed by atoms with Gasteiger partial charge in [-0.25, -0.2) is 9.36 Å². The van der Waals surface area contributed by atoms with Gasteiger partial charge in [0, 0.05) is 33.5 Å². The second-order valence-electron chi connectivity index (χ2n) is 11.4. The third-order valence-electron chi connectivity index (χ3n) is 7.44. The average Bonchev–Trinajstić information content (AvgIpc) is 2.90. The molecule has 1 fully saturated rings. The molecule has 0 aliphatic heterocycles. The Labute approximate surface area is 238 Å². The van der Waals surface area contributed by atoms with Crippen molar-refractivity contribution < 1.29 is 51.1 Å². The molecule has 1 aromatic carbocycles. The van der Waals surface area contributed by atoms with Crippen LogP contribution in [0, 0.1) is 5.92 Å². The Kier molecular flexibility index (Phi) is 12.5. The summed E-state index contributed by atoms with van der Waals surface area (Å²) >= 11 is 0. The van der Waals surface area contributed by atoms with E-state index in [9.17, 15) is 14.2 Å². The average molecular weight is 605 g/mol. The molecule has 0 radical (unpaired) electrons. The summed E-state index contributed by atoms with van der Waals surface area (Å²) in [5.74, 6) is -1.82. The number of rotatable bonds is 14. The maximum atomic E-state index is 13.5. The molecule has 1 saturated carbocycles. The highest BCUT2D eigenvalue weighted by Crippen LogP contribution is 2.50. The molecule has 0 unspecified atom stereocenters. The van der Waals surface area contributed by atoms with Crippen LogP contribution in [0.15, 0.2) is 30.3 Å². The Morgan fingerprint density at radius 1 is 1.05 bits per heavy atom. The van der Waals surface area contributed by atoms with E-state index in [1.54, 1.807) is 0 Å². The highest BCUT2D eigenvalue weighted by molar-refractivity contribution is 7.48. The Morgan fingerprint density at radius 2 is 1.68 bits per heavy atom. The largest absolute Gasteiger partial charge is 0.474 e. The Hall–Kier alpha value is -1.63. The number of phosphoric acid groups is 1. The van der Waals surface area contributed by atoms with E-state index in [4.69, 9.17) is 36.9 Å². The minimum atomic E-state index is -3.88. The smallest absolute Gasteiger partial charge is 0.467 e. The van der Waals surface area contributed by atoms with Gasteiger partial charge in [0.2, 0.25) is 0 Å². The fourth-order valence-corrected chi connectivity index (χ4v) is 6.66. The fourth-order valence-electron chi connectivity index (χ4n) is 4.39. The lowest BCUT2D eigenvalue weighted by molar-refractivity contribution is -0.211. The van der Waals surface area contributed by atoms with Gasteiger partial charge in [-0.1, -0.05) is 51.1 Å². The number of carbonyl (C=O) groups is 2. The van der Waals surface area contributed by atoms with Crippen molar-refractivity contribution in [3.63, 3.8) is 0 Å². The molecular weight excluding hydrogens is 559 g/mol. The summed E-state index contributed by atoms with van der Waals surface area (Å²) in [6.07, 6.45) is -1.61. The topological polar surface area (TPSA) is 125 Å². The first-order valence-electron chi connectivity index (χ1n) is 13.2. The molecule has 1 aromatic rings. The highest BCUT2D eigenvalue weighted by Gasteiger charge is 2.57. The van der Waals surface area contributed by atoms with Crippen molar-refractivity contribution in [3.05, 3.63) is 35.9 Å². The van der Waals surface area contributed by atoms with Crippen molar-refractivity contribution in [1.82, 2.24) is 0 Å². The standard InChI is InChI=1S/C27H45O11PSi/c1-20(28)37-24-22(18-36-39(30,32-6)33-7)15-27(25(29)31-5,38-40(8,9)26(2,3)4)16-23(24)35-19-34-17-21-13-11-10-12-14-21/h10-14,22-24H,15-19H2,1-9H3/t22-,23+,24+,27-/m0/s1. The summed E-state index contributed by atoms with van der Waals surface area (Å²) in [5.41, 5.74) is -0.492. The normalized spacial score (nSPS) is 24.0. The quantitative estimate of drug-likeness (QED) is 0.0910. The molecular formula is C27H45O11PSi. The minimum absolute atomic E-state index is 0.0432. The number of methoxy groups -OCH3 is 1. The summed E-state index contributed by atoms with van der Waals surface area (Å²) < 4.78 is 57.7. The predicted molar refractivity (Wildman–Crippen MR) is 150 cm³/mol. The van der Waals surface area contributed by atoms with Crippen molar-refractivity contribution in [2.45, 2.75) is 83.1 Å². The Morgan fingerprint density at radius 3 is 2.20 bits per heavy atom. The predicted octanol–water partition coefficient (Wildman–Crippen LogP) is 5.24. The van der Waals surface area contributed by atoms with Crippen LogP contribution in [0.5, 0.6) is 0 Å². The van der Waals surface area contributed by atoms with E-state index in [0.29, 0.717) is 6.61 Å². The maximum absolute atomic E-state index is 13.5. The summed E-state index contributed by atoms with van der Waals surface area (Å²) in [7, 11) is -2.74. The lowest BCUT2D eigenvalue weighted by Crippen LogP contribution is -2.62. The lowest BCUT2D eigenvalue weighted by atomic mass is 9.74. The fraction of sp³-hybridized carbons (Fsp3) is 0.704. The highest BCUT2D eigenvalue weighted by atomic mass is 31.2. The van der Waals surface area contributed by atoms with Crippen LogP contribution in [0.2, 0.25) is 18.1 Å². The molecule has 0 saturated heterocycles. The molecule has 0 bridgehead atoms. The molecule has 1 aliphatic rings. The van der Waals surface area contributed by atoms with Gasteiger partial charge < -0.3 is 23.4 Å². The Balaban J connectivity index is 2.45. The van der Waals surface area contributed by atoms with Crippen LogP contribution < -0.4 is 0 Å². The van der Waals surface area contributed by atoms with Gasteiger partial charge in [-0.05, 0) is 30.1 Å². The van der Waals surface area contributed by atoms with Crippen molar-refractivity contribution >= 4 is 28.1 Å². The van der Waals surface area contributed by atoms with Crippen LogP contribution in [0.1, 0.15) is 46.1 Å². The lowest BCUT2D eigenvalue weighted by Gasteiger charge is -2.50. The number of carbonyl (C=O) groups excluding carboxylic acids is 2. The first kappa shape index (κ1) is 34.6. The van der Waals surface area contributed by atoms with Gasteiger partial charge in [-0.3, -0.25) is 18.4 Å². The van der Waals surface area contributed by atoms with Crippen LogP contribution in [0.25, 0.3) is 0 Å². The molecule has 40 heavy (non-hydrogen) atoms. The van der Waals surface area contributed by atoms with E-state index in [-0.39, 0.29) is 31.3 Å². The monoisotopic (exact) mass is 604 g/mol. The molecule has 0 aromatic heterocycles. The van der Waals surface area contributed by atoms with E-state index >= 15 is 0 Å². The maximum Gasteiger partial charge on any atom is 0.474 e. The van der Waals surface area contributed by atoms with Gasteiger partial charge in [0.1, 0.15) is 19.0 Å². The number of benzene rings is 1. The summed E-state index contributed by atoms with van der Waals surface area (Å²) in [6, 6.07) is 9.58. The number of ether oxygens (including phenoxy) is 4. The second-order valence-corrected chi connectivity index (χ2v) is 18.0. The van der Waals surface area contributed by atoms with Crippen LogP contribution in [-0.2, 0) is 57.7 Å². The van der Waals surface area contributed by atoms with E-state index in [0.717, 1.165) is 5.56 Å². The van der Waals surface area contributed by atoms with Crippen molar-refractivity contribution in [3.8, 4) is 0 Å². The number of phosphoric ester groups is 1. The van der Waals surface area contributed by atoms with Gasteiger partial charge >= 0.3 is 19.8 Å². The molecule has 2 rings (SSSR count). The molecule has 4 atom stereocenters. The van der Waals surface area contributed by atoms with Crippen molar-refractivity contribution in [2.24, 2.45) is 5.92 Å². The first-order chi connectivity index (χ1) is 18.6. The van der Waals surface area contributed by atoms with Crippen molar-refractivity contribution in [1.29, 1.82) is 0 Å². The zero-order valence-corrected chi connectivity index (χ0v) is 27.0. The molecule has 228 valence electrons. The van der Waals surface area contributed by atoms with Crippen LogP contribution >= 0.6 is 7.82 Å². The van der Waals surface area contributed by atoms with Gasteiger partial charge in [0.15, 0.2) is 13.9 Å². The summed E-state index contributed by atoms with van der Waals surface area (Å²) in [5, 5.41) is -0.232. The van der Waals surface area contributed by atoms with Gasteiger partial charge in [-0.15, -0.1) is 0 Å². The van der Waals surface area contributed by atoms with Crippen LogP contribution in [0.3, 0.4) is 0 Å². The number of hydrogen-bond acceptors (Lipinski definition) is 11. The zero-order chi connectivity index (χ0) is 30.2. The van der Waals surface area contributed by atoms with Crippen molar-refractivity contribution in [2.75, 3.05) is 34.7 Å². The third-order valence-corrected chi connectivity index (χ3v) is 13.3. The third kappa shape index (κ3) is 9.19. The molecule has 0 amide bonds. The van der Waals surface area contributed by atoms with Gasteiger partial charge in [0.25, 0.3) is 0 Å². The van der Waals surface area contributed by atoms with Gasteiger partial charge in [-0.2, -0.15) is 0 Å². The Bertz CT molecular complexity index is 1010. The molecule has 13 heteroatoms. The first-order valence-corrected chi connectivity index (χ1v) is 17.5.